The van der Waals surface area contributed by atoms with Crippen molar-refractivity contribution >= 4 is 5.65 Å². The fourth-order valence-electron chi connectivity index (χ4n) is 4.00. The number of halogens is 3. The summed E-state index contributed by atoms with van der Waals surface area (Å²) in [6, 6.07) is 10.5. The molecule has 4 rings (SSSR count). The summed E-state index contributed by atoms with van der Waals surface area (Å²) in [4.78, 5) is 6.50. The summed E-state index contributed by atoms with van der Waals surface area (Å²) in [7, 11) is 1.63. The van der Waals surface area contributed by atoms with E-state index in [-0.39, 0.29) is 11.7 Å². The molecule has 6 nitrogen and oxygen atoms in total. The first kappa shape index (κ1) is 21.6. The van der Waals surface area contributed by atoms with Gasteiger partial charge in [0.2, 0.25) is 0 Å². The Labute approximate surface area is 178 Å². The summed E-state index contributed by atoms with van der Waals surface area (Å²) in [5.41, 5.74) is 1.49. The minimum atomic E-state index is -4.49. The smallest absolute Gasteiger partial charge is 0.433 e. The van der Waals surface area contributed by atoms with Gasteiger partial charge in [0.25, 0.3) is 0 Å². The number of aryl methyl sites for hydroxylation is 1. The number of likely N-dealkylation sites (tertiary alicyclic amines) is 1. The van der Waals surface area contributed by atoms with Gasteiger partial charge in [-0.25, -0.2) is 9.50 Å². The number of fused-ring (bicyclic) bond motifs is 1. The molecule has 1 aliphatic heterocycles. The molecule has 3 heterocycles. The van der Waals surface area contributed by atoms with Gasteiger partial charge in [-0.15, -0.1) is 0 Å². The average Bonchev–Trinajstić information content (AvgIpc) is 3.34. The van der Waals surface area contributed by atoms with Crippen LogP contribution in [0.3, 0.4) is 0 Å². The first-order valence-corrected chi connectivity index (χ1v) is 10.2. The van der Waals surface area contributed by atoms with E-state index >= 15 is 0 Å². The molecule has 1 aliphatic rings. The van der Waals surface area contributed by atoms with Crippen LogP contribution in [0.2, 0.25) is 0 Å². The number of benzene rings is 1. The summed E-state index contributed by atoms with van der Waals surface area (Å²) in [6.45, 7) is 4.14. The second-order valence-electron chi connectivity index (χ2n) is 7.73. The molecule has 1 saturated heterocycles. The summed E-state index contributed by atoms with van der Waals surface area (Å²) in [6.07, 6.45) is -2.67. The minimum absolute atomic E-state index is 0.0410. The van der Waals surface area contributed by atoms with Gasteiger partial charge in [0, 0.05) is 25.4 Å². The molecule has 0 aliphatic carbocycles. The maximum atomic E-state index is 13.5. The molecule has 31 heavy (non-hydrogen) atoms. The van der Waals surface area contributed by atoms with E-state index in [0.29, 0.717) is 31.1 Å². The van der Waals surface area contributed by atoms with Crippen LogP contribution in [0.25, 0.3) is 5.65 Å². The van der Waals surface area contributed by atoms with Crippen LogP contribution >= 0.6 is 0 Å². The molecule has 2 aromatic heterocycles. The Balaban J connectivity index is 1.53. The van der Waals surface area contributed by atoms with Crippen LogP contribution in [0.5, 0.6) is 5.75 Å². The minimum Gasteiger partial charge on any atom is -0.491 e. The number of nitrogens with zero attached hydrogens (tertiary/aromatic N) is 4. The van der Waals surface area contributed by atoms with E-state index in [2.05, 4.69) is 15.0 Å². The summed E-state index contributed by atoms with van der Waals surface area (Å²) in [5.74, 6) is 0.778. The van der Waals surface area contributed by atoms with E-state index in [4.69, 9.17) is 9.47 Å². The van der Waals surface area contributed by atoms with Crippen molar-refractivity contribution < 1.29 is 22.6 Å². The number of hydrogen-bond acceptors (Lipinski definition) is 5. The third-order valence-electron chi connectivity index (χ3n) is 5.43. The van der Waals surface area contributed by atoms with Gasteiger partial charge in [-0.05, 0) is 50.1 Å². The second kappa shape index (κ2) is 8.84. The Kier molecular flexibility index (Phi) is 6.15. The highest BCUT2D eigenvalue weighted by Gasteiger charge is 2.36. The molecule has 166 valence electrons. The van der Waals surface area contributed by atoms with Crippen LogP contribution in [0.1, 0.15) is 41.5 Å². The van der Waals surface area contributed by atoms with Gasteiger partial charge < -0.3 is 9.47 Å². The summed E-state index contributed by atoms with van der Waals surface area (Å²) < 4.78 is 51.9. The molecule has 0 saturated carbocycles. The van der Waals surface area contributed by atoms with Gasteiger partial charge in [-0.1, -0.05) is 12.1 Å². The Morgan fingerprint density at radius 3 is 2.61 bits per heavy atom. The number of aromatic nitrogens is 3. The second-order valence-corrected chi connectivity index (χ2v) is 7.73. The number of rotatable bonds is 7. The topological polar surface area (TPSA) is 51.9 Å². The van der Waals surface area contributed by atoms with E-state index in [1.54, 1.807) is 20.1 Å². The van der Waals surface area contributed by atoms with E-state index in [0.717, 1.165) is 41.3 Å². The molecule has 1 fully saturated rings. The maximum Gasteiger partial charge on any atom is 0.433 e. The highest BCUT2D eigenvalue weighted by Crippen LogP contribution is 2.35. The SMILES string of the molecule is COCCOc1ccc(CN2CCC[C@@H]2c2cc3nc(C)cc(C(F)(F)F)n3n2)cc1. The standard InChI is InChI=1S/C22H25F3N4O2/c1-15-12-20(22(23,24)25)29-21(26-15)13-18(27-29)19-4-3-9-28(19)14-16-5-7-17(8-6-16)31-11-10-30-2/h5-8,12-13,19H,3-4,9-11,14H2,1-2H3/t19-/m1/s1. The Morgan fingerprint density at radius 2 is 1.90 bits per heavy atom. The Morgan fingerprint density at radius 1 is 1.13 bits per heavy atom. The van der Waals surface area contributed by atoms with Crippen LogP contribution in [0.15, 0.2) is 36.4 Å². The molecule has 0 amide bonds. The predicted molar refractivity (Wildman–Crippen MR) is 109 cm³/mol. The van der Waals surface area contributed by atoms with Crippen LogP contribution in [-0.4, -0.2) is 46.4 Å². The van der Waals surface area contributed by atoms with Gasteiger partial charge in [0.05, 0.1) is 18.3 Å². The average molecular weight is 434 g/mol. The van der Waals surface area contributed by atoms with Crippen molar-refractivity contribution in [2.45, 2.75) is 38.5 Å². The number of hydrogen-bond donors (Lipinski definition) is 0. The predicted octanol–water partition coefficient (Wildman–Crippen LogP) is 4.42. The molecule has 0 N–H and O–H groups in total. The van der Waals surface area contributed by atoms with E-state index in [9.17, 15) is 13.2 Å². The lowest BCUT2D eigenvalue weighted by Gasteiger charge is -2.23. The zero-order valence-electron chi connectivity index (χ0n) is 17.5. The van der Waals surface area contributed by atoms with Gasteiger partial charge >= 0.3 is 6.18 Å². The molecule has 1 aromatic carbocycles. The lowest BCUT2D eigenvalue weighted by Crippen LogP contribution is -2.23. The third kappa shape index (κ3) is 4.83. The molecule has 0 bridgehead atoms. The van der Waals surface area contributed by atoms with Crippen molar-refractivity contribution in [2.75, 3.05) is 26.9 Å². The normalized spacial score (nSPS) is 17.5. The van der Waals surface area contributed by atoms with E-state index < -0.39 is 11.9 Å². The Hall–Kier alpha value is -2.65. The molecular formula is C22H25F3N4O2. The monoisotopic (exact) mass is 434 g/mol. The van der Waals surface area contributed by atoms with Gasteiger partial charge in [-0.3, -0.25) is 4.90 Å². The fourth-order valence-corrected chi connectivity index (χ4v) is 4.00. The van der Waals surface area contributed by atoms with Crippen molar-refractivity contribution in [3.8, 4) is 5.75 Å². The van der Waals surface area contributed by atoms with Crippen molar-refractivity contribution in [3.63, 3.8) is 0 Å². The van der Waals surface area contributed by atoms with E-state index in [1.807, 2.05) is 24.3 Å². The van der Waals surface area contributed by atoms with E-state index in [1.165, 1.54) is 0 Å². The fraction of sp³-hybridized carbons (Fsp3) is 0.455. The van der Waals surface area contributed by atoms with Gasteiger partial charge in [0.1, 0.15) is 18.1 Å². The Bertz CT molecular complexity index is 1030. The van der Waals surface area contributed by atoms with Gasteiger partial charge in [0.15, 0.2) is 5.65 Å². The largest absolute Gasteiger partial charge is 0.491 e. The molecule has 0 radical (unpaired) electrons. The molecule has 0 spiro atoms. The summed E-state index contributed by atoms with van der Waals surface area (Å²) in [5, 5.41) is 4.31. The third-order valence-corrected chi connectivity index (χ3v) is 5.43. The molecular weight excluding hydrogens is 409 g/mol. The molecule has 3 aromatic rings. The van der Waals surface area contributed by atoms with Crippen LogP contribution in [0, 0.1) is 6.92 Å². The number of ether oxygens (including phenoxy) is 2. The number of alkyl halides is 3. The molecule has 1 atom stereocenters. The zero-order chi connectivity index (χ0) is 22.0. The molecule has 9 heteroatoms. The highest BCUT2D eigenvalue weighted by molar-refractivity contribution is 5.43. The maximum absolute atomic E-state index is 13.5. The van der Waals surface area contributed by atoms with Crippen LogP contribution < -0.4 is 4.74 Å². The van der Waals surface area contributed by atoms with Crippen molar-refractivity contribution in [3.05, 3.63) is 59.0 Å². The lowest BCUT2D eigenvalue weighted by atomic mass is 10.1. The first-order chi connectivity index (χ1) is 14.8. The lowest BCUT2D eigenvalue weighted by molar-refractivity contribution is -0.142. The quantitative estimate of drug-likeness (QED) is 0.516. The highest BCUT2D eigenvalue weighted by atomic mass is 19.4. The number of methoxy groups -OCH3 is 1. The molecule has 0 unspecified atom stereocenters. The van der Waals surface area contributed by atoms with Gasteiger partial charge in [-0.2, -0.15) is 18.3 Å². The van der Waals surface area contributed by atoms with Crippen molar-refractivity contribution in [1.29, 1.82) is 0 Å². The van der Waals surface area contributed by atoms with Crippen molar-refractivity contribution in [2.24, 2.45) is 0 Å². The van der Waals surface area contributed by atoms with Crippen molar-refractivity contribution in [1.82, 2.24) is 19.5 Å². The zero-order valence-corrected chi connectivity index (χ0v) is 17.5. The summed E-state index contributed by atoms with van der Waals surface area (Å²) >= 11 is 0. The van der Waals surface area contributed by atoms with Crippen LogP contribution in [0.4, 0.5) is 13.2 Å². The first-order valence-electron chi connectivity index (χ1n) is 10.2. The van der Waals surface area contributed by atoms with Crippen LogP contribution in [-0.2, 0) is 17.5 Å².